The van der Waals surface area contributed by atoms with Gasteiger partial charge in [-0.25, -0.2) is 14.8 Å². The zero-order valence-electron chi connectivity index (χ0n) is 20.2. The van der Waals surface area contributed by atoms with E-state index in [0.717, 1.165) is 17.3 Å². The molecular formula is C26H27ClFN5O2. The van der Waals surface area contributed by atoms with E-state index in [2.05, 4.69) is 27.1 Å². The Balaban J connectivity index is 1.83. The molecule has 1 amide bonds. The SMILES string of the molecule is C#CC(C)(C)c1cccc(C(=O)Nc2cc(Oc3ccc(NN(C)NC)c(C)n3)c(Cl)cc2F)c1. The third-order valence-electron chi connectivity index (χ3n) is 5.38. The number of amides is 1. The number of anilines is 2. The lowest BCUT2D eigenvalue weighted by Crippen LogP contribution is -2.36. The Morgan fingerprint density at radius 3 is 2.60 bits per heavy atom. The van der Waals surface area contributed by atoms with Crippen molar-refractivity contribution in [2.75, 3.05) is 24.8 Å². The average molecular weight is 496 g/mol. The molecule has 0 spiro atoms. The van der Waals surface area contributed by atoms with Crippen LogP contribution in [0.25, 0.3) is 0 Å². The number of benzene rings is 2. The summed E-state index contributed by atoms with van der Waals surface area (Å²) in [5, 5.41) is 4.28. The molecule has 0 saturated carbocycles. The smallest absolute Gasteiger partial charge is 0.255 e. The van der Waals surface area contributed by atoms with Gasteiger partial charge in [-0.1, -0.05) is 29.7 Å². The minimum Gasteiger partial charge on any atom is -0.437 e. The molecule has 2 aromatic carbocycles. The molecular weight excluding hydrogens is 469 g/mol. The molecule has 0 aliphatic carbocycles. The van der Waals surface area contributed by atoms with Crippen LogP contribution in [0.5, 0.6) is 11.6 Å². The molecule has 3 rings (SSSR count). The number of aryl methyl sites for hydroxylation is 1. The summed E-state index contributed by atoms with van der Waals surface area (Å²) in [6, 6.07) is 12.7. The highest BCUT2D eigenvalue weighted by Gasteiger charge is 2.20. The van der Waals surface area contributed by atoms with Gasteiger partial charge in [0.15, 0.2) is 0 Å². The molecule has 3 aromatic rings. The van der Waals surface area contributed by atoms with Crippen molar-refractivity contribution in [3.8, 4) is 24.0 Å². The van der Waals surface area contributed by atoms with Gasteiger partial charge in [-0.05, 0) is 50.6 Å². The molecule has 7 nitrogen and oxygen atoms in total. The first-order valence-electron chi connectivity index (χ1n) is 10.8. The zero-order valence-corrected chi connectivity index (χ0v) is 20.9. The summed E-state index contributed by atoms with van der Waals surface area (Å²) in [5.74, 6) is 1.91. The highest BCUT2D eigenvalue weighted by atomic mass is 35.5. The van der Waals surface area contributed by atoms with Crippen LogP contribution in [0.1, 0.15) is 35.5 Å². The first-order valence-corrected chi connectivity index (χ1v) is 11.1. The zero-order chi connectivity index (χ0) is 25.8. The summed E-state index contributed by atoms with van der Waals surface area (Å²) < 4.78 is 20.4. The number of hydrogen-bond donors (Lipinski definition) is 3. The standard InChI is InChI=1S/C26H27ClFN5O2/c1-7-26(3,4)18-10-8-9-17(13-18)25(34)31-22-15-23(19(27)14-20(22)28)35-24-12-11-21(16(2)30-24)32-33(6)29-5/h1,8-15,29,32H,2-6H3,(H,31,34). The van der Waals surface area contributed by atoms with Crippen LogP contribution < -0.4 is 20.9 Å². The van der Waals surface area contributed by atoms with Crippen molar-refractivity contribution in [1.82, 2.24) is 15.5 Å². The minimum atomic E-state index is -0.699. The molecule has 0 aliphatic heterocycles. The number of ether oxygens (including phenoxy) is 1. The lowest BCUT2D eigenvalue weighted by Gasteiger charge is -2.19. The Morgan fingerprint density at radius 1 is 1.20 bits per heavy atom. The molecule has 35 heavy (non-hydrogen) atoms. The van der Waals surface area contributed by atoms with Crippen LogP contribution in [0.2, 0.25) is 5.02 Å². The molecule has 1 heterocycles. The molecule has 0 bridgehead atoms. The first kappa shape index (κ1) is 26.0. The summed E-state index contributed by atoms with van der Waals surface area (Å²) in [6.45, 7) is 5.57. The number of hydrazine groups is 2. The number of nitrogens with zero attached hydrogens (tertiary/aromatic N) is 2. The Bertz CT molecular complexity index is 1290. The van der Waals surface area contributed by atoms with Crippen LogP contribution in [0.15, 0.2) is 48.5 Å². The van der Waals surface area contributed by atoms with Gasteiger partial charge in [0.25, 0.3) is 5.91 Å². The maximum Gasteiger partial charge on any atom is 0.255 e. The minimum absolute atomic E-state index is 0.0369. The van der Waals surface area contributed by atoms with Crippen molar-refractivity contribution in [1.29, 1.82) is 0 Å². The van der Waals surface area contributed by atoms with Crippen LogP contribution in [0.3, 0.4) is 0 Å². The number of halogens is 2. The summed E-state index contributed by atoms with van der Waals surface area (Å²) in [6.07, 6.45) is 5.61. The van der Waals surface area contributed by atoms with E-state index in [-0.39, 0.29) is 22.3 Å². The van der Waals surface area contributed by atoms with Gasteiger partial charge in [0.05, 0.1) is 27.5 Å². The number of carbonyl (C=O) groups is 1. The molecule has 9 heteroatoms. The van der Waals surface area contributed by atoms with Crippen molar-refractivity contribution in [3.63, 3.8) is 0 Å². The normalized spacial score (nSPS) is 11.2. The number of aromatic nitrogens is 1. The Kier molecular flexibility index (Phi) is 7.97. The average Bonchev–Trinajstić information content (AvgIpc) is 2.83. The van der Waals surface area contributed by atoms with Crippen LogP contribution in [-0.2, 0) is 5.41 Å². The van der Waals surface area contributed by atoms with E-state index in [4.69, 9.17) is 22.8 Å². The summed E-state index contributed by atoms with van der Waals surface area (Å²) in [7, 11) is 3.58. The first-order chi connectivity index (χ1) is 16.5. The number of pyridine rings is 1. The van der Waals surface area contributed by atoms with Crippen molar-refractivity contribution in [2.24, 2.45) is 0 Å². The summed E-state index contributed by atoms with van der Waals surface area (Å²) >= 11 is 6.20. The van der Waals surface area contributed by atoms with Crippen LogP contribution >= 0.6 is 11.6 Å². The van der Waals surface area contributed by atoms with Crippen molar-refractivity contribution >= 4 is 28.9 Å². The molecule has 1 aromatic heterocycles. The number of nitrogens with one attached hydrogen (secondary N) is 3. The van der Waals surface area contributed by atoms with Gasteiger partial charge in [-0.15, -0.1) is 6.42 Å². The highest BCUT2D eigenvalue weighted by Crippen LogP contribution is 2.34. The van der Waals surface area contributed by atoms with E-state index < -0.39 is 17.1 Å². The molecule has 0 fully saturated rings. The third kappa shape index (κ3) is 6.28. The quantitative estimate of drug-likeness (QED) is 0.282. The second kappa shape index (κ2) is 10.7. The number of rotatable bonds is 8. The largest absolute Gasteiger partial charge is 0.437 e. The van der Waals surface area contributed by atoms with Gasteiger partial charge >= 0.3 is 0 Å². The third-order valence-corrected chi connectivity index (χ3v) is 5.67. The molecule has 0 aliphatic rings. The van der Waals surface area contributed by atoms with Gasteiger partial charge < -0.3 is 15.5 Å². The molecule has 3 N–H and O–H groups in total. The van der Waals surface area contributed by atoms with Gasteiger partial charge in [0.1, 0.15) is 11.6 Å². The molecule has 0 radical (unpaired) electrons. The van der Waals surface area contributed by atoms with E-state index in [1.807, 2.05) is 33.9 Å². The Labute approximate surface area is 209 Å². The lowest BCUT2D eigenvalue weighted by molar-refractivity contribution is 0.102. The van der Waals surface area contributed by atoms with Crippen LogP contribution in [0, 0.1) is 25.1 Å². The van der Waals surface area contributed by atoms with Gasteiger partial charge in [0, 0.05) is 31.8 Å². The second-order valence-corrected chi connectivity index (χ2v) is 8.75. The van der Waals surface area contributed by atoms with E-state index in [0.29, 0.717) is 11.3 Å². The van der Waals surface area contributed by atoms with E-state index >= 15 is 0 Å². The molecule has 0 unspecified atom stereocenters. The summed E-state index contributed by atoms with van der Waals surface area (Å²) in [5.41, 5.74) is 7.97. The molecule has 182 valence electrons. The maximum absolute atomic E-state index is 14.6. The van der Waals surface area contributed by atoms with Gasteiger partial charge in [0.2, 0.25) is 5.88 Å². The monoisotopic (exact) mass is 495 g/mol. The molecule has 0 saturated heterocycles. The van der Waals surface area contributed by atoms with E-state index in [9.17, 15) is 9.18 Å². The van der Waals surface area contributed by atoms with Crippen molar-refractivity contribution in [3.05, 3.63) is 76.2 Å². The maximum atomic E-state index is 14.6. The van der Waals surface area contributed by atoms with E-state index in [1.54, 1.807) is 42.5 Å². The highest BCUT2D eigenvalue weighted by molar-refractivity contribution is 6.32. The fraction of sp³-hybridized carbons (Fsp3) is 0.231. The topological polar surface area (TPSA) is 78.5 Å². The number of hydrogen-bond acceptors (Lipinski definition) is 6. The predicted octanol–water partition coefficient (Wildman–Crippen LogP) is 5.53. The van der Waals surface area contributed by atoms with Crippen LogP contribution in [0.4, 0.5) is 15.8 Å². The van der Waals surface area contributed by atoms with Crippen molar-refractivity contribution in [2.45, 2.75) is 26.2 Å². The number of terminal acetylenes is 1. The van der Waals surface area contributed by atoms with Gasteiger partial charge in [-0.2, -0.15) is 5.12 Å². The fourth-order valence-electron chi connectivity index (χ4n) is 3.09. The predicted molar refractivity (Wildman–Crippen MR) is 137 cm³/mol. The summed E-state index contributed by atoms with van der Waals surface area (Å²) in [4.78, 5) is 17.3. The van der Waals surface area contributed by atoms with Crippen LogP contribution in [-0.4, -0.2) is 30.1 Å². The Hall–Kier alpha value is -3.64. The second-order valence-electron chi connectivity index (χ2n) is 8.35. The lowest BCUT2D eigenvalue weighted by atomic mass is 9.85. The van der Waals surface area contributed by atoms with Gasteiger partial charge in [-0.3, -0.25) is 4.79 Å². The Morgan fingerprint density at radius 2 is 1.94 bits per heavy atom. The molecule has 0 atom stereocenters. The van der Waals surface area contributed by atoms with E-state index in [1.165, 1.54) is 6.07 Å². The number of carbonyl (C=O) groups excluding carboxylic acids is 1. The fourth-order valence-corrected chi connectivity index (χ4v) is 3.28. The van der Waals surface area contributed by atoms with Crippen molar-refractivity contribution < 1.29 is 13.9 Å².